The van der Waals surface area contributed by atoms with Crippen LogP contribution >= 0.6 is 0 Å². The maximum absolute atomic E-state index is 13.5. The van der Waals surface area contributed by atoms with Crippen LogP contribution in [0.15, 0.2) is 18.2 Å². The zero-order valence-corrected chi connectivity index (χ0v) is 12.7. The summed E-state index contributed by atoms with van der Waals surface area (Å²) in [5, 5.41) is 5.74. The lowest BCUT2D eigenvalue weighted by Gasteiger charge is -2.27. The third-order valence-corrected chi connectivity index (χ3v) is 3.04. The normalized spacial score (nSPS) is 12.9. The molecule has 0 saturated heterocycles. The van der Waals surface area contributed by atoms with Crippen molar-refractivity contribution < 1.29 is 13.9 Å². The standard InChI is InChI=1S/C15H23FN2O2/c1-10(9-15(3,4)20-5)17-12-6-7-13(16)14(8-12)18-11(2)19/h6-8,10,17H,9H2,1-5H3,(H,18,19). The molecule has 1 amide bonds. The van der Waals surface area contributed by atoms with Crippen LogP contribution in [0.2, 0.25) is 0 Å². The van der Waals surface area contributed by atoms with E-state index in [1.54, 1.807) is 19.2 Å². The van der Waals surface area contributed by atoms with Gasteiger partial charge in [0.2, 0.25) is 5.91 Å². The fourth-order valence-corrected chi connectivity index (χ4v) is 2.06. The van der Waals surface area contributed by atoms with E-state index in [1.807, 2.05) is 20.8 Å². The molecular formula is C15H23FN2O2. The first-order chi connectivity index (χ1) is 9.23. The van der Waals surface area contributed by atoms with Crippen LogP contribution in [0.3, 0.4) is 0 Å². The molecule has 4 nitrogen and oxygen atoms in total. The number of rotatable bonds is 6. The molecular weight excluding hydrogens is 259 g/mol. The molecule has 0 aliphatic heterocycles. The summed E-state index contributed by atoms with van der Waals surface area (Å²) < 4.78 is 18.9. The summed E-state index contributed by atoms with van der Waals surface area (Å²) in [7, 11) is 1.68. The summed E-state index contributed by atoms with van der Waals surface area (Å²) in [6.07, 6.45) is 0.802. The van der Waals surface area contributed by atoms with Gasteiger partial charge in [-0.3, -0.25) is 4.79 Å². The lowest BCUT2D eigenvalue weighted by atomic mass is 9.99. The maximum atomic E-state index is 13.5. The number of carbonyl (C=O) groups is 1. The molecule has 0 spiro atoms. The quantitative estimate of drug-likeness (QED) is 0.840. The van der Waals surface area contributed by atoms with Crippen LogP contribution in [0.25, 0.3) is 0 Å². The van der Waals surface area contributed by atoms with Gasteiger partial charge in [0.05, 0.1) is 11.3 Å². The Kier molecular flexibility index (Phi) is 5.51. The second-order valence-electron chi connectivity index (χ2n) is 5.59. The summed E-state index contributed by atoms with van der Waals surface area (Å²) in [4.78, 5) is 11.0. The van der Waals surface area contributed by atoms with E-state index in [0.29, 0.717) is 0 Å². The average Bonchev–Trinajstić information content (AvgIpc) is 2.32. The molecule has 0 fully saturated rings. The number of methoxy groups -OCH3 is 1. The summed E-state index contributed by atoms with van der Waals surface area (Å²) in [6, 6.07) is 4.73. The summed E-state index contributed by atoms with van der Waals surface area (Å²) in [5.74, 6) is -0.745. The molecule has 0 bridgehead atoms. The molecule has 112 valence electrons. The largest absolute Gasteiger partial charge is 0.382 e. The van der Waals surface area contributed by atoms with Crippen molar-refractivity contribution >= 4 is 17.3 Å². The fourth-order valence-electron chi connectivity index (χ4n) is 2.06. The molecule has 1 aromatic rings. The van der Waals surface area contributed by atoms with E-state index in [9.17, 15) is 9.18 Å². The van der Waals surface area contributed by atoms with Gasteiger partial charge in [-0.1, -0.05) is 0 Å². The monoisotopic (exact) mass is 282 g/mol. The predicted octanol–water partition coefficient (Wildman–Crippen LogP) is 3.40. The van der Waals surface area contributed by atoms with E-state index in [4.69, 9.17) is 4.74 Å². The first kappa shape index (κ1) is 16.4. The minimum Gasteiger partial charge on any atom is -0.382 e. The van der Waals surface area contributed by atoms with E-state index in [2.05, 4.69) is 10.6 Å². The number of hydrogen-bond acceptors (Lipinski definition) is 3. The maximum Gasteiger partial charge on any atom is 0.221 e. The van der Waals surface area contributed by atoms with Gasteiger partial charge >= 0.3 is 0 Å². The van der Waals surface area contributed by atoms with Crippen LogP contribution in [0.4, 0.5) is 15.8 Å². The Labute approximate surface area is 119 Å². The Bertz CT molecular complexity index is 475. The summed E-state index contributed by atoms with van der Waals surface area (Å²) >= 11 is 0. The molecule has 5 heteroatoms. The Hall–Kier alpha value is -1.62. The number of amides is 1. The van der Waals surface area contributed by atoms with Crippen molar-refractivity contribution in [3.8, 4) is 0 Å². The molecule has 0 aromatic heterocycles. The Morgan fingerprint density at radius 2 is 2.10 bits per heavy atom. The van der Waals surface area contributed by atoms with Gasteiger partial charge in [-0.15, -0.1) is 0 Å². The van der Waals surface area contributed by atoms with Crippen LogP contribution in [0.1, 0.15) is 34.1 Å². The zero-order valence-electron chi connectivity index (χ0n) is 12.7. The molecule has 0 radical (unpaired) electrons. The highest BCUT2D eigenvalue weighted by molar-refractivity contribution is 5.89. The topological polar surface area (TPSA) is 50.4 Å². The SMILES string of the molecule is COC(C)(C)CC(C)Nc1ccc(F)c(NC(C)=O)c1. The first-order valence-electron chi connectivity index (χ1n) is 6.62. The molecule has 1 rings (SSSR count). The van der Waals surface area contributed by atoms with Crippen LogP contribution in [0.5, 0.6) is 0 Å². The molecule has 0 heterocycles. The van der Waals surface area contributed by atoms with Gasteiger partial charge in [-0.25, -0.2) is 4.39 Å². The molecule has 0 saturated carbocycles. The van der Waals surface area contributed by atoms with Gasteiger partial charge in [0, 0.05) is 25.8 Å². The molecule has 1 aromatic carbocycles. The highest BCUT2D eigenvalue weighted by atomic mass is 19.1. The van der Waals surface area contributed by atoms with Crippen molar-refractivity contribution in [2.45, 2.75) is 45.8 Å². The van der Waals surface area contributed by atoms with Crippen LogP contribution in [-0.2, 0) is 9.53 Å². The molecule has 0 aliphatic carbocycles. The van der Waals surface area contributed by atoms with Crippen molar-refractivity contribution in [1.82, 2.24) is 0 Å². The third-order valence-electron chi connectivity index (χ3n) is 3.04. The van der Waals surface area contributed by atoms with Crippen LogP contribution in [0, 0.1) is 5.82 Å². The van der Waals surface area contributed by atoms with Crippen molar-refractivity contribution in [3.63, 3.8) is 0 Å². The second kappa shape index (κ2) is 6.70. The van der Waals surface area contributed by atoms with Crippen molar-refractivity contribution in [2.24, 2.45) is 0 Å². The van der Waals surface area contributed by atoms with Gasteiger partial charge in [-0.2, -0.15) is 0 Å². The van der Waals surface area contributed by atoms with Gasteiger partial charge in [0.15, 0.2) is 0 Å². The van der Waals surface area contributed by atoms with Crippen molar-refractivity contribution in [2.75, 3.05) is 17.7 Å². The first-order valence-corrected chi connectivity index (χ1v) is 6.62. The Balaban J connectivity index is 2.75. The van der Waals surface area contributed by atoms with Gasteiger partial charge < -0.3 is 15.4 Å². The number of anilines is 2. The predicted molar refractivity (Wildman–Crippen MR) is 79.5 cm³/mol. The van der Waals surface area contributed by atoms with Crippen molar-refractivity contribution in [1.29, 1.82) is 0 Å². The van der Waals surface area contributed by atoms with Gasteiger partial charge in [0.1, 0.15) is 5.82 Å². The van der Waals surface area contributed by atoms with E-state index in [-0.39, 0.29) is 23.2 Å². The van der Waals surface area contributed by atoms with Crippen LogP contribution in [-0.4, -0.2) is 24.7 Å². The third kappa shape index (κ3) is 5.17. The minimum absolute atomic E-state index is 0.153. The molecule has 1 unspecified atom stereocenters. The second-order valence-corrected chi connectivity index (χ2v) is 5.59. The number of benzene rings is 1. The average molecular weight is 282 g/mol. The van der Waals surface area contributed by atoms with E-state index >= 15 is 0 Å². The highest BCUT2D eigenvalue weighted by Gasteiger charge is 2.20. The Morgan fingerprint density at radius 1 is 1.45 bits per heavy atom. The molecule has 20 heavy (non-hydrogen) atoms. The number of nitrogens with one attached hydrogen (secondary N) is 2. The lowest BCUT2D eigenvalue weighted by Crippen LogP contribution is -2.31. The Morgan fingerprint density at radius 3 is 2.65 bits per heavy atom. The summed E-state index contributed by atoms with van der Waals surface area (Å²) in [5.41, 5.74) is 0.711. The lowest BCUT2D eigenvalue weighted by molar-refractivity contribution is -0.114. The van der Waals surface area contributed by atoms with Crippen LogP contribution < -0.4 is 10.6 Å². The van der Waals surface area contributed by atoms with E-state index in [0.717, 1.165) is 12.1 Å². The molecule has 0 aliphatic rings. The van der Waals surface area contributed by atoms with E-state index in [1.165, 1.54) is 13.0 Å². The fraction of sp³-hybridized carbons (Fsp3) is 0.533. The smallest absolute Gasteiger partial charge is 0.221 e. The number of halogens is 1. The summed E-state index contributed by atoms with van der Waals surface area (Å²) in [6.45, 7) is 7.41. The number of ether oxygens (including phenoxy) is 1. The molecule has 2 N–H and O–H groups in total. The number of hydrogen-bond donors (Lipinski definition) is 2. The van der Waals surface area contributed by atoms with Crippen molar-refractivity contribution in [3.05, 3.63) is 24.0 Å². The highest BCUT2D eigenvalue weighted by Crippen LogP contribution is 2.22. The van der Waals surface area contributed by atoms with Gasteiger partial charge in [0.25, 0.3) is 0 Å². The number of carbonyl (C=O) groups excluding carboxylic acids is 1. The molecule has 1 atom stereocenters. The zero-order chi connectivity index (χ0) is 15.3. The minimum atomic E-state index is -0.448. The van der Waals surface area contributed by atoms with E-state index < -0.39 is 5.82 Å². The van der Waals surface area contributed by atoms with Gasteiger partial charge in [-0.05, 0) is 45.4 Å².